The Morgan fingerprint density at radius 2 is 1.81 bits per heavy atom. The summed E-state index contributed by atoms with van der Waals surface area (Å²) in [6.45, 7) is 1.43. The summed E-state index contributed by atoms with van der Waals surface area (Å²) in [5.74, 6) is -0.00860. The molecule has 2 aromatic carbocycles. The maximum absolute atomic E-state index is 12.7. The Hall–Kier alpha value is -3.57. The van der Waals surface area contributed by atoms with E-state index in [0.29, 0.717) is 29.3 Å². The molecule has 2 aliphatic rings. The summed E-state index contributed by atoms with van der Waals surface area (Å²) in [5.41, 5.74) is 2.12. The summed E-state index contributed by atoms with van der Waals surface area (Å²) in [5, 5.41) is 8.73. The van der Waals surface area contributed by atoms with E-state index in [4.69, 9.17) is 10.00 Å². The Labute approximate surface area is 190 Å². The summed E-state index contributed by atoms with van der Waals surface area (Å²) in [7, 11) is 0. The van der Waals surface area contributed by atoms with E-state index in [9.17, 15) is 14.4 Å². The Balaban J connectivity index is 1.38. The average Bonchev–Trinajstić information content (AvgIpc) is 3.44. The molecule has 0 unspecified atom stereocenters. The van der Waals surface area contributed by atoms with Gasteiger partial charge in [0.25, 0.3) is 11.1 Å². The molecule has 4 rings (SSSR count). The first-order valence-corrected chi connectivity index (χ1v) is 11.1. The predicted octanol–water partition coefficient (Wildman–Crippen LogP) is 3.80. The van der Waals surface area contributed by atoms with Gasteiger partial charge in [0.05, 0.1) is 16.5 Å². The highest BCUT2D eigenvalue weighted by atomic mass is 32.2. The van der Waals surface area contributed by atoms with Gasteiger partial charge in [0.2, 0.25) is 5.91 Å². The molecule has 2 fully saturated rings. The molecule has 32 heavy (non-hydrogen) atoms. The minimum atomic E-state index is -0.444. The number of amides is 3. The lowest BCUT2D eigenvalue weighted by Crippen LogP contribution is -2.40. The highest BCUT2D eigenvalue weighted by molar-refractivity contribution is 8.18. The monoisotopic (exact) mass is 447 g/mol. The summed E-state index contributed by atoms with van der Waals surface area (Å²) < 4.78 is 5.76. The van der Waals surface area contributed by atoms with Gasteiger partial charge in [0.15, 0.2) is 0 Å². The molecule has 3 amide bonds. The summed E-state index contributed by atoms with van der Waals surface area (Å²) in [4.78, 5) is 40.2. The fourth-order valence-corrected chi connectivity index (χ4v) is 4.40. The molecular weight excluding hydrogens is 426 g/mol. The van der Waals surface area contributed by atoms with Gasteiger partial charge in [-0.2, -0.15) is 5.26 Å². The zero-order chi connectivity index (χ0) is 22.5. The van der Waals surface area contributed by atoms with Gasteiger partial charge in [-0.05, 0) is 54.4 Å². The molecule has 2 heterocycles. The molecule has 2 aromatic rings. The molecular formula is C24H21N3O4S. The Morgan fingerprint density at radius 1 is 1.09 bits per heavy atom. The van der Waals surface area contributed by atoms with Crippen molar-refractivity contribution in [1.82, 2.24) is 9.80 Å². The van der Waals surface area contributed by atoms with Crippen LogP contribution in [0.4, 0.5) is 4.79 Å². The topological polar surface area (TPSA) is 90.7 Å². The molecule has 0 N–H and O–H groups in total. The van der Waals surface area contributed by atoms with Gasteiger partial charge in [-0.3, -0.25) is 19.3 Å². The minimum absolute atomic E-state index is 0.189. The minimum Gasteiger partial charge on any atom is -0.489 e. The van der Waals surface area contributed by atoms with Crippen LogP contribution in [0.5, 0.6) is 5.75 Å². The van der Waals surface area contributed by atoms with Crippen LogP contribution in [0.25, 0.3) is 6.08 Å². The molecule has 2 aliphatic heterocycles. The van der Waals surface area contributed by atoms with Gasteiger partial charge < -0.3 is 9.64 Å². The highest BCUT2D eigenvalue weighted by Crippen LogP contribution is 2.32. The first kappa shape index (κ1) is 21.7. The van der Waals surface area contributed by atoms with Crippen molar-refractivity contribution < 1.29 is 19.1 Å². The molecule has 0 saturated carbocycles. The van der Waals surface area contributed by atoms with E-state index in [2.05, 4.69) is 6.07 Å². The van der Waals surface area contributed by atoms with E-state index < -0.39 is 11.1 Å². The SMILES string of the molecule is N#Cc1ccccc1COc1ccc(/C=C2\SC(=O)N(CC(=O)N3CCCC3)C2=O)cc1. The fraction of sp³-hybridized carbons (Fsp3) is 0.250. The number of benzene rings is 2. The van der Waals surface area contributed by atoms with E-state index in [1.165, 1.54) is 0 Å². The van der Waals surface area contributed by atoms with Crippen molar-refractivity contribution in [2.45, 2.75) is 19.4 Å². The highest BCUT2D eigenvalue weighted by Gasteiger charge is 2.37. The Bertz CT molecular complexity index is 1110. The lowest BCUT2D eigenvalue weighted by Gasteiger charge is -2.18. The van der Waals surface area contributed by atoms with E-state index in [0.717, 1.165) is 40.6 Å². The second-order valence-corrected chi connectivity index (χ2v) is 8.48. The number of nitrogens with zero attached hydrogens (tertiary/aromatic N) is 3. The summed E-state index contributed by atoms with van der Waals surface area (Å²) in [6.07, 6.45) is 3.55. The number of thioether (sulfide) groups is 1. The molecule has 0 bridgehead atoms. The molecule has 8 heteroatoms. The van der Waals surface area contributed by atoms with Gasteiger partial charge in [0.1, 0.15) is 18.9 Å². The number of imide groups is 1. The van der Waals surface area contributed by atoms with Crippen molar-refractivity contribution in [3.05, 3.63) is 70.1 Å². The number of carbonyl (C=O) groups is 3. The van der Waals surface area contributed by atoms with Crippen molar-refractivity contribution >= 4 is 34.9 Å². The first-order valence-electron chi connectivity index (χ1n) is 10.3. The van der Waals surface area contributed by atoms with Crippen molar-refractivity contribution in [2.75, 3.05) is 19.6 Å². The van der Waals surface area contributed by atoms with Crippen LogP contribution in [0.2, 0.25) is 0 Å². The molecule has 0 aromatic heterocycles. The lowest BCUT2D eigenvalue weighted by molar-refractivity contribution is -0.135. The normalized spacial score (nSPS) is 17.2. The van der Waals surface area contributed by atoms with Gasteiger partial charge in [-0.1, -0.05) is 30.3 Å². The Kier molecular flexibility index (Phi) is 6.57. The van der Waals surface area contributed by atoms with E-state index in [1.54, 1.807) is 47.4 Å². The molecule has 0 spiro atoms. The molecule has 0 aliphatic carbocycles. The van der Waals surface area contributed by atoms with Gasteiger partial charge in [-0.25, -0.2) is 0 Å². The van der Waals surface area contributed by atoms with E-state index in [-0.39, 0.29) is 19.1 Å². The molecule has 162 valence electrons. The second kappa shape index (κ2) is 9.71. The smallest absolute Gasteiger partial charge is 0.294 e. The lowest BCUT2D eigenvalue weighted by atomic mass is 10.1. The van der Waals surface area contributed by atoms with Crippen LogP contribution in [0.3, 0.4) is 0 Å². The van der Waals surface area contributed by atoms with Crippen LogP contribution < -0.4 is 4.74 Å². The van der Waals surface area contributed by atoms with Crippen LogP contribution in [-0.4, -0.2) is 46.5 Å². The van der Waals surface area contributed by atoms with Crippen LogP contribution >= 0.6 is 11.8 Å². The Morgan fingerprint density at radius 3 is 2.53 bits per heavy atom. The van der Waals surface area contributed by atoms with E-state index in [1.807, 2.05) is 12.1 Å². The van der Waals surface area contributed by atoms with Crippen molar-refractivity contribution in [1.29, 1.82) is 5.26 Å². The zero-order valence-corrected chi connectivity index (χ0v) is 18.1. The summed E-state index contributed by atoms with van der Waals surface area (Å²) in [6, 6.07) is 16.5. The van der Waals surface area contributed by atoms with Gasteiger partial charge in [-0.15, -0.1) is 0 Å². The zero-order valence-electron chi connectivity index (χ0n) is 17.3. The van der Waals surface area contributed by atoms with Crippen LogP contribution in [0.1, 0.15) is 29.5 Å². The second-order valence-electron chi connectivity index (χ2n) is 7.48. The van der Waals surface area contributed by atoms with Crippen LogP contribution in [-0.2, 0) is 16.2 Å². The third kappa shape index (κ3) is 4.84. The standard InChI is InChI=1S/C24H21N3O4S/c25-14-18-5-1-2-6-19(18)16-31-20-9-7-17(8-10-20)13-21-23(29)27(24(30)32-21)15-22(28)26-11-3-4-12-26/h1-2,5-10,13H,3-4,11-12,15-16H2/b21-13-. The van der Waals surface area contributed by atoms with Crippen LogP contribution in [0.15, 0.2) is 53.4 Å². The molecule has 0 radical (unpaired) electrons. The number of hydrogen-bond acceptors (Lipinski definition) is 6. The average molecular weight is 448 g/mol. The van der Waals surface area contributed by atoms with E-state index >= 15 is 0 Å². The quantitative estimate of drug-likeness (QED) is 0.626. The van der Waals surface area contributed by atoms with Crippen molar-refractivity contribution in [3.8, 4) is 11.8 Å². The number of hydrogen-bond donors (Lipinski definition) is 0. The third-order valence-electron chi connectivity index (χ3n) is 5.34. The van der Waals surface area contributed by atoms with Crippen molar-refractivity contribution in [3.63, 3.8) is 0 Å². The molecule has 7 nitrogen and oxygen atoms in total. The number of carbonyl (C=O) groups excluding carboxylic acids is 3. The number of likely N-dealkylation sites (tertiary alicyclic amines) is 1. The maximum atomic E-state index is 12.7. The maximum Gasteiger partial charge on any atom is 0.294 e. The van der Waals surface area contributed by atoms with Crippen molar-refractivity contribution in [2.24, 2.45) is 0 Å². The number of ether oxygens (including phenoxy) is 1. The van der Waals surface area contributed by atoms with Gasteiger partial charge >= 0.3 is 0 Å². The first-order chi connectivity index (χ1) is 15.5. The summed E-state index contributed by atoms with van der Waals surface area (Å²) >= 11 is 0.843. The number of rotatable bonds is 6. The third-order valence-corrected chi connectivity index (χ3v) is 6.24. The molecule has 2 saturated heterocycles. The number of nitriles is 1. The predicted molar refractivity (Wildman–Crippen MR) is 120 cm³/mol. The largest absolute Gasteiger partial charge is 0.489 e. The van der Waals surface area contributed by atoms with Gasteiger partial charge in [0, 0.05) is 18.7 Å². The van der Waals surface area contributed by atoms with Crippen LogP contribution in [0, 0.1) is 11.3 Å². The fourth-order valence-electron chi connectivity index (χ4n) is 3.57. The molecule has 0 atom stereocenters.